The van der Waals surface area contributed by atoms with Crippen molar-refractivity contribution in [1.82, 2.24) is 4.90 Å². The quantitative estimate of drug-likeness (QED) is 0.549. The molecule has 124 valence electrons. The monoisotopic (exact) mass is 413 g/mol. The van der Waals surface area contributed by atoms with E-state index in [1.807, 2.05) is 30.3 Å². The summed E-state index contributed by atoms with van der Waals surface area (Å²) < 4.78 is 1.70. The number of rotatable bonds is 7. The van der Waals surface area contributed by atoms with E-state index < -0.39 is 0 Å². The number of thiocarbonyl (C=S) groups is 1. The van der Waals surface area contributed by atoms with Gasteiger partial charge in [0, 0.05) is 17.4 Å². The van der Waals surface area contributed by atoms with Crippen molar-refractivity contribution in [2.75, 3.05) is 26.2 Å². The number of nitrogens with zero attached hydrogens (tertiary/aromatic N) is 1. The minimum absolute atomic E-state index is 0.0393. The van der Waals surface area contributed by atoms with E-state index in [9.17, 15) is 4.79 Å². The van der Waals surface area contributed by atoms with Crippen molar-refractivity contribution in [3.8, 4) is 0 Å². The summed E-state index contributed by atoms with van der Waals surface area (Å²) in [6.07, 6.45) is 2.90. The summed E-state index contributed by atoms with van der Waals surface area (Å²) in [6.45, 7) is 8.43. The minimum atomic E-state index is 0.0393. The fourth-order valence-corrected chi connectivity index (χ4v) is 4.07. The molecule has 0 spiro atoms. The lowest BCUT2D eigenvalue weighted by atomic mass is 10.2. The molecule has 0 atom stereocenters. The van der Waals surface area contributed by atoms with Crippen LogP contribution in [0.15, 0.2) is 33.6 Å². The Balaban J connectivity index is 1.98. The van der Waals surface area contributed by atoms with Gasteiger partial charge in [-0.05, 0) is 37.6 Å². The molecule has 0 radical (unpaired) electrons. The molecule has 1 amide bonds. The number of carbonyl (C=O) groups excluding carboxylic acids is 1. The molecule has 1 heterocycles. The predicted octanol–water partition coefficient (Wildman–Crippen LogP) is 2.97. The highest BCUT2D eigenvalue weighted by Gasteiger charge is 2.31. The Morgan fingerprint density at radius 1 is 1.26 bits per heavy atom. The summed E-state index contributed by atoms with van der Waals surface area (Å²) in [4.78, 5) is 16.6. The maximum atomic E-state index is 12.5. The molecule has 3 nitrogen and oxygen atoms in total. The van der Waals surface area contributed by atoms with E-state index in [1.165, 1.54) is 11.8 Å². The Labute approximate surface area is 156 Å². The van der Waals surface area contributed by atoms with Crippen LogP contribution in [-0.4, -0.2) is 41.3 Å². The van der Waals surface area contributed by atoms with E-state index >= 15 is 0 Å². The molecular weight excluding hydrogens is 392 g/mol. The second-order valence-electron chi connectivity index (χ2n) is 5.45. The summed E-state index contributed by atoms with van der Waals surface area (Å²) in [5.41, 5.74) is 1.02. The highest BCUT2D eigenvalue weighted by molar-refractivity contribution is 9.10. The molecule has 2 rings (SSSR count). The molecule has 6 heteroatoms. The molecule has 1 fully saturated rings. The summed E-state index contributed by atoms with van der Waals surface area (Å²) >= 11 is 10.2. The fraction of sp³-hybridized carbons (Fsp3) is 0.412. The number of benzene rings is 1. The third kappa shape index (κ3) is 5.14. The van der Waals surface area contributed by atoms with Crippen molar-refractivity contribution >= 4 is 56.2 Å². The standard InChI is InChI=1S/C17H21BrN2OS2/c1-3-19(4-2)10-5-11-20-16(21)15(23-17(20)22)12-13-6-8-14(18)9-7-13/h6-9,12H,3-5,10-11H2,1-2H3/p+1/b15-12-. The number of hydrogen-bond donors (Lipinski definition) is 1. The van der Waals surface area contributed by atoms with Crippen molar-refractivity contribution < 1.29 is 9.69 Å². The lowest BCUT2D eigenvalue weighted by Gasteiger charge is -2.18. The Morgan fingerprint density at radius 3 is 2.52 bits per heavy atom. The molecule has 1 aromatic carbocycles. The van der Waals surface area contributed by atoms with Gasteiger partial charge < -0.3 is 4.90 Å². The number of quaternary nitrogens is 1. The number of halogens is 1. The maximum absolute atomic E-state index is 12.5. The maximum Gasteiger partial charge on any atom is 0.266 e. The van der Waals surface area contributed by atoms with Gasteiger partial charge >= 0.3 is 0 Å². The normalized spacial score (nSPS) is 16.9. The van der Waals surface area contributed by atoms with Crippen LogP contribution in [0.1, 0.15) is 25.8 Å². The van der Waals surface area contributed by atoms with Crippen LogP contribution in [-0.2, 0) is 4.79 Å². The van der Waals surface area contributed by atoms with E-state index in [-0.39, 0.29) is 5.91 Å². The first-order valence-corrected chi connectivity index (χ1v) is 9.91. The number of carbonyl (C=O) groups is 1. The molecule has 0 bridgehead atoms. The average Bonchev–Trinajstić information content (AvgIpc) is 2.81. The molecule has 1 aromatic rings. The molecule has 0 aromatic heterocycles. The van der Waals surface area contributed by atoms with Crippen LogP contribution in [0.4, 0.5) is 0 Å². The Kier molecular flexibility index (Phi) is 7.27. The first-order valence-electron chi connectivity index (χ1n) is 7.89. The van der Waals surface area contributed by atoms with E-state index in [2.05, 4.69) is 29.8 Å². The summed E-state index contributed by atoms with van der Waals surface area (Å²) in [6, 6.07) is 7.92. The molecule has 0 saturated carbocycles. The smallest absolute Gasteiger partial charge is 0.266 e. The molecule has 0 unspecified atom stereocenters. The Bertz CT molecular complexity index is 597. The van der Waals surface area contributed by atoms with E-state index in [1.54, 1.807) is 9.80 Å². The van der Waals surface area contributed by atoms with Crippen LogP contribution in [0.3, 0.4) is 0 Å². The first-order chi connectivity index (χ1) is 11.0. The third-order valence-corrected chi connectivity index (χ3v) is 5.86. The van der Waals surface area contributed by atoms with Crippen molar-refractivity contribution in [1.29, 1.82) is 0 Å². The lowest BCUT2D eigenvalue weighted by molar-refractivity contribution is -0.896. The molecule has 0 aliphatic carbocycles. The Morgan fingerprint density at radius 2 is 1.91 bits per heavy atom. The lowest BCUT2D eigenvalue weighted by Crippen LogP contribution is -3.11. The van der Waals surface area contributed by atoms with Gasteiger partial charge in [-0.25, -0.2) is 0 Å². The highest BCUT2D eigenvalue weighted by Crippen LogP contribution is 2.32. The molecule has 1 N–H and O–H groups in total. The summed E-state index contributed by atoms with van der Waals surface area (Å²) in [7, 11) is 0. The highest BCUT2D eigenvalue weighted by atomic mass is 79.9. The van der Waals surface area contributed by atoms with Gasteiger partial charge in [-0.3, -0.25) is 9.69 Å². The van der Waals surface area contributed by atoms with Gasteiger partial charge in [-0.1, -0.05) is 52.0 Å². The van der Waals surface area contributed by atoms with Crippen LogP contribution < -0.4 is 4.90 Å². The largest absolute Gasteiger partial charge is 0.335 e. The van der Waals surface area contributed by atoms with Gasteiger partial charge in [-0.15, -0.1) is 0 Å². The van der Waals surface area contributed by atoms with E-state index in [4.69, 9.17) is 12.2 Å². The zero-order valence-electron chi connectivity index (χ0n) is 13.5. The fourth-order valence-electron chi connectivity index (χ4n) is 2.49. The van der Waals surface area contributed by atoms with Gasteiger partial charge in [0.1, 0.15) is 4.32 Å². The number of thioether (sulfide) groups is 1. The summed E-state index contributed by atoms with van der Waals surface area (Å²) in [5, 5.41) is 0. The average molecular weight is 414 g/mol. The van der Waals surface area contributed by atoms with Crippen LogP contribution in [0.25, 0.3) is 6.08 Å². The first kappa shape index (κ1) is 18.6. The molecular formula is C17H22BrN2OS2+. The number of hydrogen-bond acceptors (Lipinski definition) is 3. The second kappa shape index (κ2) is 8.97. The van der Waals surface area contributed by atoms with Crippen molar-refractivity contribution in [3.63, 3.8) is 0 Å². The summed E-state index contributed by atoms with van der Waals surface area (Å²) in [5.74, 6) is 0.0393. The van der Waals surface area contributed by atoms with Gasteiger partial charge in [0.25, 0.3) is 5.91 Å². The zero-order chi connectivity index (χ0) is 16.8. The minimum Gasteiger partial charge on any atom is -0.335 e. The predicted molar refractivity (Wildman–Crippen MR) is 106 cm³/mol. The second-order valence-corrected chi connectivity index (χ2v) is 8.04. The van der Waals surface area contributed by atoms with Crippen LogP contribution in [0.2, 0.25) is 0 Å². The van der Waals surface area contributed by atoms with Crippen LogP contribution in [0.5, 0.6) is 0 Å². The van der Waals surface area contributed by atoms with Gasteiger partial charge in [-0.2, -0.15) is 0 Å². The van der Waals surface area contributed by atoms with Crippen molar-refractivity contribution in [2.45, 2.75) is 20.3 Å². The number of nitrogens with one attached hydrogen (secondary N) is 1. The van der Waals surface area contributed by atoms with Gasteiger partial charge in [0.2, 0.25) is 0 Å². The topological polar surface area (TPSA) is 24.8 Å². The van der Waals surface area contributed by atoms with Gasteiger partial charge in [0.05, 0.1) is 24.5 Å². The Hall–Kier alpha value is -0.690. The van der Waals surface area contributed by atoms with Crippen molar-refractivity contribution in [3.05, 3.63) is 39.2 Å². The number of amides is 1. The van der Waals surface area contributed by atoms with Crippen molar-refractivity contribution in [2.24, 2.45) is 0 Å². The van der Waals surface area contributed by atoms with Crippen LogP contribution in [0, 0.1) is 0 Å². The van der Waals surface area contributed by atoms with Crippen LogP contribution >= 0.6 is 39.9 Å². The molecule has 23 heavy (non-hydrogen) atoms. The third-order valence-electron chi connectivity index (χ3n) is 3.95. The van der Waals surface area contributed by atoms with Gasteiger partial charge in [0.15, 0.2) is 0 Å². The zero-order valence-corrected chi connectivity index (χ0v) is 16.7. The molecule has 1 aliphatic rings. The molecule has 1 saturated heterocycles. The molecule has 1 aliphatic heterocycles. The van der Waals surface area contributed by atoms with E-state index in [0.717, 1.165) is 36.1 Å². The SMILES string of the molecule is CC[NH+](CC)CCCN1C(=O)/C(=C/c2ccc(Br)cc2)SC1=S. The van der Waals surface area contributed by atoms with E-state index in [0.29, 0.717) is 15.8 Å².